The van der Waals surface area contributed by atoms with E-state index >= 15 is 0 Å². The van der Waals surface area contributed by atoms with Gasteiger partial charge in [-0.15, -0.1) is 0 Å². The zero-order chi connectivity index (χ0) is 14.2. The van der Waals surface area contributed by atoms with E-state index in [0.717, 1.165) is 18.5 Å². The van der Waals surface area contributed by atoms with Crippen molar-refractivity contribution < 1.29 is 9.63 Å². The standard InChI is InChI=1S/C14H16ClN3O2/c1-14(19)6-7-18(9-14)8-12-16-13(20-17-12)10-2-4-11(15)5-3-10/h2-5,19H,6-9H2,1H3. The zero-order valence-corrected chi connectivity index (χ0v) is 12.0. The molecule has 1 fully saturated rings. The number of β-amino-alcohol motifs (C(OH)–C–C–N with tert-alkyl or cyclic N) is 1. The normalized spacial score (nSPS) is 23.4. The summed E-state index contributed by atoms with van der Waals surface area (Å²) in [5, 5.41) is 14.6. The monoisotopic (exact) mass is 293 g/mol. The molecule has 0 saturated carbocycles. The van der Waals surface area contributed by atoms with Gasteiger partial charge in [0.15, 0.2) is 5.82 Å². The molecule has 1 aliphatic heterocycles. The molecule has 106 valence electrons. The van der Waals surface area contributed by atoms with Crippen molar-refractivity contribution in [2.45, 2.75) is 25.5 Å². The molecule has 1 atom stereocenters. The minimum absolute atomic E-state index is 0.489. The first-order valence-corrected chi connectivity index (χ1v) is 6.93. The lowest BCUT2D eigenvalue weighted by atomic mass is 10.1. The number of hydrogen-bond acceptors (Lipinski definition) is 5. The molecule has 1 N–H and O–H groups in total. The third kappa shape index (κ3) is 3.00. The molecule has 5 nitrogen and oxygen atoms in total. The predicted octanol–water partition coefficient (Wildman–Crippen LogP) is 2.35. The number of aliphatic hydroxyl groups is 1. The van der Waals surface area contributed by atoms with Crippen LogP contribution in [-0.2, 0) is 6.54 Å². The topological polar surface area (TPSA) is 62.4 Å². The summed E-state index contributed by atoms with van der Waals surface area (Å²) in [6.07, 6.45) is 0.773. The van der Waals surface area contributed by atoms with E-state index in [0.29, 0.717) is 29.8 Å². The Hall–Kier alpha value is -1.43. The van der Waals surface area contributed by atoms with Gasteiger partial charge >= 0.3 is 0 Å². The Kier molecular flexibility index (Phi) is 3.50. The van der Waals surface area contributed by atoms with Gasteiger partial charge in [0.25, 0.3) is 5.89 Å². The predicted molar refractivity (Wildman–Crippen MR) is 75.3 cm³/mol. The molecule has 0 amide bonds. The van der Waals surface area contributed by atoms with Gasteiger partial charge in [0, 0.05) is 23.7 Å². The van der Waals surface area contributed by atoms with Crippen LogP contribution in [0.15, 0.2) is 28.8 Å². The molecule has 1 unspecified atom stereocenters. The van der Waals surface area contributed by atoms with Crippen molar-refractivity contribution >= 4 is 11.6 Å². The summed E-state index contributed by atoms with van der Waals surface area (Å²) in [6, 6.07) is 7.28. The molecule has 2 heterocycles. The smallest absolute Gasteiger partial charge is 0.257 e. The van der Waals surface area contributed by atoms with Gasteiger partial charge in [0.1, 0.15) is 0 Å². The maximum atomic E-state index is 9.93. The van der Waals surface area contributed by atoms with E-state index in [9.17, 15) is 5.11 Å². The fraction of sp³-hybridized carbons (Fsp3) is 0.429. The van der Waals surface area contributed by atoms with E-state index in [2.05, 4.69) is 15.0 Å². The molecule has 0 spiro atoms. The van der Waals surface area contributed by atoms with Crippen LogP contribution < -0.4 is 0 Å². The Balaban J connectivity index is 1.70. The van der Waals surface area contributed by atoms with Crippen molar-refractivity contribution in [3.05, 3.63) is 35.1 Å². The highest BCUT2D eigenvalue weighted by atomic mass is 35.5. The van der Waals surface area contributed by atoms with Crippen molar-refractivity contribution in [3.63, 3.8) is 0 Å². The third-order valence-electron chi connectivity index (χ3n) is 3.46. The summed E-state index contributed by atoms with van der Waals surface area (Å²) < 4.78 is 5.26. The van der Waals surface area contributed by atoms with Crippen LogP contribution in [0.4, 0.5) is 0 Å². The second kappa shape index (κ2) is 5.16. The Morgan fingerprint density at radius 1 is 1.40 bits per heavy atom. The number of aromatic nitrogens is 2. The van der Waals surface area contributed by atoms with Crippen LogP contribution in [0.3, 0.4) is 0 Å². The van der Waals surface area contributed by atoms with Crippen molar-refractivity contribution in [1.82, 2.24) is 15.0 Å². The van der Waals surface area contributed by atoms with Crippen LogP contribution >= 0.6 is 11.6 Å². The number of nitrogens with zero attached hydrogens (tertiary/aromatic N) is 3. The molecule has 3 rings (SSSR count). The molecule has 1 aromatic carbocycles. The molecule has 0 bridgehead atoms. The number of rotatable bonds is 3. The van der Waals surface area contributed by atoms with Gasteiger partial charge in [-0.3, -0.25) is 4.90 Å². The van der Waals surface area contributed by atoms with E-state index in [1.165, 1.54) is 0 Å². The second-order valence-corrected chi connectivity index (χ2v) is 5.92. The van der Waals surface area contributed by atoms with Crippen LogP contribution in [0.2, 0.25) is 5.02 Å². The van der Waals surface area contributed by atoms with Crippen molar-refractivity contribution in [2.24, 2.45) is 0 Å². The Morgan fingerprint density at radius 2 is 2.15 bits per heavy atom. The first-order valence-electron chi connectivity index (χ1n) is 6.55. The average molecular weight is 294 g/mol. The van der Waals surface area contributed by atoms with Crippen molar-refractivity contribution in [3.8, 4) is 11.5 Å². The van der Waals surface area contributed by atoms with Gasteiger partial charge in [-0.1, -0.05) is 16.8 Å². The molecule has 1 aliphatic rings. The van der Waals surface area contributed by atoms with Gasteiger partial charge in [-0.05, 0) is 37.6 Å². The van der Waals surface area contributed by atoms with E-state index in [1.807, 2.05) is 19.1 Å². The largest absolute Gasteiger partial charge is 0.389 e. The number of halogens is 1. The van der Waals surface area contributed by atoms with Crippen LogP contribution in [0.1, 0.15) is 19.2 Å². The summed E-state index contributed by atoms with van der Waals surface area (Å²) in [7, 11) is 0. The molecule has 1 aromatic heterocycles. The van der Waals surface area contributed by atoms with Crippen LogP contribution in [0.5, 0.6) is 0 Å². The van der Waals surface area contributed by atoms with Crippen molar-refractivity contribution in [1.29, 1.82) is 0 Å². The third-order valence-corrected chi connectivity index (χ3v) is 3.71. The maximum Gasteiger partial charge on any atom is 0.257 e. The SMILES string of the molecule is CC1(O)CCN(Cc2noc(-c3ccc(Cl)cc3)n2)C1. The van der Waals surface area contributed by atoms with Gasteiger partial charge in [0.05, 0.1) is 12.1 Å². The molecule has 6 heteroatoms. The lowest BCUT2D eigenvalue weighted by Crippen LogP contribution is -2.29. The summed E-state index contributed by atoms with van der Waals surface area (Å²) in [6.45, 7) is 3.92. The Bertz CT molecular complexity index is 595. The van der Waals surface area contributed by atoms with E-state index < -0.39 is 5.60 Å². The molecule has 0 radical (unpaired) electrons. The first-order chi connectivity index (χ1) is 9.52. The fourth-order valence-corrected chi connectivity index (χ4v) is 2.53. The maximum absolute atomic E-state index is 9.93. The molecular formula is C14H16ClN3O2. The van der Waals surface area contributed by atoms with E-state index in [-0.39, 0.29) is 0 Å². The minimum atomic E-state index is -0.608. The summed E-state index contributed by atoms with van der Waals surface area (Å²) in [4.78, 5) is 6.50. The van der Waals surface area contributed by atoms with Crippen LogP contribution in [0, 0.1) is 0 Å². The number of benzene rings is 1. The minimum Gasteiger partial charge on any atom is -0.389 e. The Morgan fingerprint density at radius 3 is 2.80 bits per heavy atom. The number of hydrogen-bond donors (Lipinski definition) is 1. The van der Waals surface area contributed by atoms with Gasteiger partial charge in [-0.25, -0.2) is 0 Å². The molecule has 2 aromatic rings. The van der Waals surface area contributed by atoms with Crippen LogP contribution in [0.25, 0.3) is 11.5 Å². The lowest BCUT2D eigenvalue weighted by Gasteiger charge is -2.16. The summed E-state index contributed by atoms with van der Waals surface area (Å²) in [5.41, 5.74) is 0.240. The molecule has 20 heavy (non-hydrogen) atoms. The van der Waals surface area contributed by atoms with Gasteiger partial charge in [0.2, 0.25) is 0 Å². The molecule has 0 aliphatic carbocycles. The van der Waals surface area contributed by atoms with Crippen LogP contribution in [-0.4, -0.2) is 38.8 Å². The lowest BCUT2D eigenvalue weighted by molar-refractivity contribution is 0.0675. The highest BCUT2D eigenvalue weighted by molar-refractivity contribution is 6.30. The highest BCUT2D eigenvalue weighted by Crippen LogP contribution is 2.23. The average Bonchev–Trinajstić information content (AvgIpc) is 2.98. The first kappa shape index (κ1) is 13.5. The summed E-state index contributed by atoms with van der Waals surface area (Å²) in [5.74, 6) is 1.12. The fourth-order valence-electron chi connectivity index (χ4n) is 2.40. The second-order valence-electron chi connectivity index (χ2n) is 5.48. The molecular weight excluding hydrogens is 278 g/mol. The quantitative estimate of drug-likeness (QED) is 0.941. The molecule has 1 saturated heterocycles. The van der Waals surface area contributed by atoms with Gasteiger partial charge in [-0.2, -0.15) is 4.98 Å². The van der Waals surface area contributed by atoms with E-state index in [1.54, 1.807) is 12.1 Å². The van der Waals surface area contributed by atoms with Gasteiger partial charge < -0.3 is 9.63 Å². The zero-order valence-electron chi connectivity index (χ0n) is 11.2. The Labute approximate surface area is 122 Å². The number of likely N-dealkylation sites (tertiary alicyclic amines) is 1. The van der Waals surface area contributed by atoms with Crippen molar-refractivity contribution in [2.75, 3.05) is 13.1 Å². The highest BCUT2D eigenvalue weighted by Gasteiger charge is 2.31. The summed E-state index contributed by atoms with van der Waals surface area (Å²) >= 11 is 5.85. The van der Waals surface area contributed by atoms with E-state index in [4.69, 9.17) is 16.1 Å².